The smallest absolute Gasteiger partial charge is 0.420 e. The Bertz CT molecular complexity index is 845. The lowest BCUT2D eigenvalue weighted by Gasteiger charge is -2.19. The Morgan fingerprint density at radius 3 is 2.58 bits per heavy atom. The maximum atomic E-state index is 12.1. The summed E-state index contributed by atoms with van der Waals surface area (Å²) in [6.45, 7) is 7.85. The molecular weight excluding hydrogens is 338 g/mol. The normalized spacial score (nSPS) is 11.4. The van der Waals surface area contributed by atoms with E-state index >= 15 is 0 Å². The average molecular weight is 363 g/mol. The van der Waals surface area contributed by atoms with Gasteiger partial charge < -0.3 is 19.8 Å². The van der Waals surface area contributed by atoms with Gasteiger partial charge in [0.1, 0.15) is 5.60 Å². The molecule has 2 aromatic rings. The third-order valence-corrected chi connectivity index (χ3v) is 3.52. The number of hydrogen-bond donors (Lipinski definition) is 2. The summed E-state index contributed by atoms with van der Waals surface area (Å²) in [7, 11) is 0. The Hall–Kier alpha value is -2.77. The third-order valence-electron chi connectivity index (χ3n) is 3.52. The lowest BCUT2D eigenvalue weighted by molar-refractivity contribution is -0.118. The standard InChI is InChI=1S/C18H25N3O5/c1-12(22)19-8-7-13-5-6-14-15(11-13)25-17(24)21(14)10-9-20-16(23)26-18(2,3)4/h5-6,11H,7-10H2,1-4H3,(H,19,22)(H,20,23). The van der Waals surface area contributed by atoms with E-state index in [0.717, 1.165) is 5.56 Å². The van der Waals surface area contributed by atoms with Crippen molar-refractivity contribution in [2.75, 3.05) is 13.1 Å². The second-order valence-corrected chi connectivity index (χ2v) is 6.98. The van der Waals surface area contributed by atoms with Crippen LogP contribution in [0, 0.1) is 0 Å². The molecule has 8 nitrogen and oxygen atoms in total. The van der Waals surface area contributed by atoms with E-state index in [1.54, 1.807) is 32.9 Å². The first-order chi connectivity index (χ1) is 12.2. The van der Waals surface area contributed by atoms with E-state index in [1.165, 1.54) is 11.5 Å². The quantitative estimate of drug-likeness (QED) is 0.815. The van der Waals surface area contributed by atoms with Crippen LogP contribution in [0.5, 0.6) is 0 Å². The Labute approximate surface area is 151 Å². The van der Waals surface area contributed by atoms with Crippen LogP contribution in [0.2, 0.25) is 0 Å². The first-order valence-corrected chi connectivity index (χ1v) is 8.49. The Kier molecular flexibility index (Phi) is 6.07. The highest BCUT2D eigenvalue weighted by Gasteiger charge is 2.16. The molecule has 0 aliphatic carbocycles. The van der Waals surface area contributed by atoms with Gasteiger partial charge in [-0.25, -0.2) is 9.59 Å². The SMILES string of the molecule is CC(=O)NCCc1ccc2c(c1)oc(=O)n2CCNC(=O)OC(C)(C)C. The maximum absolute atomic E-state index is 12.1. The first-order valence-electron chi connectivity index (χ1n) is 8.49. The molecule has 142 valence electrons. The van der Waals surface area contributed by atoms with Crippen LogP contribution in [-0.2, 0) is 22.5 Å². The number of alkyl carbamates (subject to hydrolysis) is 1. The van der Waals surface area contributed by atoms with Crippen molar-refractivity contribution in [1.82, 2.24) is 15.2 Å². The van der Waals surface area contributed by atoms with Gasteiger partial charge in [0.05, 0.1) is 5.52 Å². The van der Waals surface area contributed by atoms with Crippen LogP contribution in [0.1, 0.15) is 33.3 Å². The lowest BCUT2D eigenvalue weighted by atomic mass is 10.1. The molecule has 0 unspecified atom stereocenters. The van der Waals surface area contributed by atoms with Crippen molar-refractivity contribution < 1.29 is 18.7 Å². The molecule has 0 saturated carbocycles. The molecule has 1 aromatic heterocycles. The second-order valence-electron chi connectivity index (χ2n) is 6.98. The fourth-order valence-corrected chi connectivity index (χ4v) is 2.44. The van der Waals surface area contributed by atoms with E-state index in [9.17, 15) is 14.4 Å². The van der Waals surface area contributed by atoms with Gasteiger partial charge in [-0.3, -0.25) is 9.36 Å². The summed E-state index contributed by atoms with van der Waals surface area (Å²) < 4.78 is 11.9. The molecule has 2 amide bonds. The zero-order chi connectivity index (χ0) is 19.3. The van der Waals surface area contributed by atoms with Crippen LogP contribution in [0.3, 0.4) is 0 Å². The molecule has 2 rings (SSSR count). The van der Waals surface area contributed by atoms with Gasteiger partial charge in [0.2, 0.25) is 5.91 Å². The summed E-state index contributed by atoms with van der Waals surface area (Å²) in [5.74, 6) is -0.564. The molecule has 0 radical (unpaired) electrons. The number of benzene rings is 1. The van der Waals surface area contributed by atoms with E-state index in [4.69, 9.17) is 9.15 Å². The molecule has 1 aromatic carbocycles. The van der Waals surface area contributed by atoms with E-state index < -0.39 is 17.5 Å². The minimum atomic E-state index is -0.573. The van der Waals surface area contributed by atoms with Crippen molar-refractivity contribution in [1.29, 1.82) is 0 Å². The molecule has 0 aliphatic heterocycles. The van der Waals surface area contributed by atoms with Crippen molar-refractivity contribution in [2.45, 2.75) is 46.3 Å². The van der Waals surface area contributed by atoms with Crippen molar-refractivity contribution in [3.63, 3.8) is 0 Å². The summed E-state index contributed by atoms with van der Waals surface area (Å²) in [6.07, 6.45) is 0.114. The Morgan fingerprint density at radius 1 is 1.19 bits per heavy atom. The van der Waals surface area contributed by atoms with Gasteiger partial charge in [-0.1, -0.05) is 6.07 Å². The van der Waals surface area contributed by atoms with Crippen molar-refractivity contribution >= 4 is 23.1 Å². The summed E-state index contributed by atoms with van der Waals surface area (Å²) >= 11 is 0. The minimum absolute atomic E-state index is 0.0822. The van der Waals surface area contributed by atoms with Crippen LogP contribution in [0.4, 0.5) is 4.79 Å². The molecule has 0 atom stereocenters. The zero-order valence-corrected chi connectivity index (χ0v) is 15.5. The number of carbonyl (C=O) groups excluding carboxylic acids is 2. The molecule has 0 aliphatic rings. The second kappa shape index (κ2) is 8.07. The van der Waals surface area contributed by atoms with Gasteiger partial charge in [-0.15, -0.1) is 0 Å². The summed E-state index contributed by atoms with van der Waals surface area (Å²) in [4.78, 5) is 34.6. The molecule has 1 heterocycles. The topological polar surface area (TPSA) is 103 Å². The summed E-state index contributed by atoms with van der Waals surface area (Å²) in [5, 5.41) is 5.34. The Balaban J connectivity index is 2.00. The van der Waals surface area contributed by atoms with Crippen LogP contribution < -0.4 is 16.4 Å². The number of nitrogens with one attached hydrogen (secondary N) is 2. The molecule has 0 fully saturated rings. The average Bonchev–Trinajstić information content (AvgIpc) is 2.80. The predicted octanol–water partition coefficient (Wildman–Crippen LogP) is 1.80. The number of nitrogens with zero attached hydrogens (tertiary/aromatic N) is 1. The molecule has 0 spiro atoms. The number of hydrogen-bond acceptors (Lipinski definition) is 5. The molecule has 26 heavy (non-hydrogen) atoms. The monoisotopic (exact) mass is 363 g/mol. The van der Waals surface area contributed by atoms with Crippen LogP contribution in [0.25, 0.3) is 11.1 Å². The van der Waals surface area contributed by atoms with E-state index in [1.807, 2.05) is 6.07 Å². The van der Waals surface area contributed by atoms with Crippen molar-refractivity contribution in [3.8, 4) is 0 Å². The number of carbonyl (C=O) groups is 2. The predicted molar refractivity (Wildman–Crippen MR) is 97.1 cm³/mol. The highest BCUT2D eigenvalue weighted by Crippen LogP contribution is 2.15. The number of rotatable bonds is 6. The first kappa shape index (κ1) is 19.6. The van der Waals surface area contributed by atoms with Gasteiger partial charge in [0.25, 0.3) is 0 Å². The lowest BCUT2D eigenvalue weighted by Crippen LogP contribution is -2.35. The minimum Gasteiger partial charge on any atom is -0.444 e. The van der Waals surface area contributed by atoms with Crippen molar-refractivity contribution in [3.05, 3.63) is 34.3 Å². The molecule has 2 N–H and O–H groups in total. The number of oxazole rings is 1. The van der Waals surface area contributed by atoms with Crippen molar-refractivity contribution in [2.24, 2.45) is 0 Å². The number of amides is 2. The van der Waals surface area contributed by atoms with E-state index in [2.05, 4.69) is 10.6 Å². The van der Waals surface area contributed by atoms with Crippen LogP contribution in [-0.4, -0.2) is 35.3 Å². The highest BCUT2D eigenvalue weighted by molar-refractivity contribution is 5.74. The summed E-state index contributed by atoms with van der Waals surface area (Å²) in [5.41, 5.74) is 1.52. The van der Waals surface area contributed by atoms with Gasteiger partial charge in [-0.2, -0.15) is 0 Å². The van der Waals surface area contributed by atoms with E-state index in [0.29, 0.717) is 24.1 Å². The highest BCUT2D eigenvalue weighted by atomic mass is 16.6. The summed E-state index contributed by atoms with van der Waals surface area (Å²) in [6, 6.07) is 5.48. The Morgan fingerprint density at radius 2 is 1.92 bits per heavy atom. The largest absolute Gasteiger partial charge is 0.444 e. The maximum Gasteiger partial charge on any atom is 0.420 e. The third kappa shape index (κ3) is 5.65. The molecule has 8 heteroatoms. The van der Waals surface area contributed by atoms with E-state index in [-0.39, 0.29) is 19.0 Å². The molecule has 0 bridgehead atoms. The van der Waals surface area contributed by atoms with Gasteiger partial charge >= 0.3 is 11.8 Å². The molecule has 0 saturated heterocycles. The van der Waals surface area contributed by atoms with Crippen LogP contribution >= 0.6 is 0 Å². The number of aromatic nitrogens is 1. The molecular formula is C18H25N3O5. The van der Waals surface area contributed by atoms with Gasteiger partial charge in [0, 0.05) is 26.6 Å². The number of fused-ring (bicyclic) bond motifs is 1. The zero-order valence-electron chi connectivity index (χ0n) is 15.5. The number of ether oxygens (including phenoxy) is 1. The fourth-order valence-electron chi connectivity index (χ4n) is 2.44. The van der Waals surface area contributed by atoms with Gasteiger partial charge in [-0.05, 0) is 44.9 Å². The fraction of sp³-hybridized carbons (Fsp3) is 0.500. The van der Waals surface area contributed by atoms with Gasteiger partial charge in [0.15, 0.2) is 5.58 Å². The van der Waals surface area contributed by atoms with Crippen LogP contribution in [0.15, 0.2) is 27.4 Å².